The lowest BCUT2D eigenvalue weighted by Crippen LogP contribution is -2.34. The minimum absolute atomic E-state index is 0.364. The molecule has 3 N–H and O–H groups in total. The summed E-state index contributed by atoms with van der Waals surface area (Å²) >= 11 is 0. The molecule has 1 heterocycles. The molecule has 0 aliphatic carbocycles. The minimum Gasteiger partial charge on any atom is -0.399 e. The second kappa shape index (κ2) is 6.03. The molecule has 21 heavy (non-hydrogen) atoms. The first-order valence-corrected chi connectivity index (χ1v) is 8.50. The van der Waals surface area contributed by atoms with Crippen LogP contribution in [0.2, 0.25) is 0 Å². The monoisotopic (exact) mass is 312 g/mol. The highest BCUT2D eigenvalue weighted by atomic mass is 32.2. The van der Waals surface area contributed by atoms with Crippen LogP contribution in [-0.2, 0) is 19.4 Å². The Morgan fingerprint density at radius 2 is 2.19 bits per heavy atom. The zero-order valence-corrected chi connectivity index (χ0v) is 12.9. The van der Waals surface area contributed by atoms with Crippen molar-refractivity contribution in [1.29, 1.82) is 0 Å². The molecule has 0 aromatic heterocycles. The number of rotatable bonds is 4. The Morgan fingerprint density at radius 1 is 1.48 bits per heavy atom. The van der Waals surface area contributed by atoms with E-state index in [1.165, 1.54) is 0 Å². The van der Waals surface area contributed by atoms with E-state index in [0.29, 0.717) is 24.4 Å². The zero-order valence-electron chi connectivity index (χ0n) is 12.1. The van der Waals surface area contributed by atoms with Crippen molar-refractivity contribution in [3.63, 3.8) is 0 Å². The van der Waals surface area contributed by atoms with Crippen LogP contribution < -0.4 is 11.1 Å². The Labute approximate surface area is 124 Å². The minimum atomic E-state index is -3.52. The number of carbonyl (C=O) groups excluding carboxylic acids is 1. The highest BCUT2D eigenvalue weighted by Crippen LogP contribution is 2.22. The van der Waals surface area contributed by atoms with Crippen molar-refractivity contribution in [3.05, 3.63) is 23.8 Å². The molecule has 2 unspecified atom stereocenters. The van der Waals surface area contributed by atoms with Gasteiger partial charge in [-0.1, -0.05) is 6.07 Å². The summed E-state index contributed by atoms with van der Waals surface area (Å²) in [4.78, 5) is 12.0. The van der Waals surface area contributed by atoms with E-state index in [2.05, 4.69) is 5.32 Å². The van der Waals surface area contributed by atoms with Gasteiger partial charge in [-0.25, -0.2) is 8.42 Å². The summed E-state index contributed by atoms with van der Waals surface area (Å²) in [5.74, 6) is -1.10. The summed E-state index contributed by atoms with van der Waals surface area (Å²) in [5, 5.41) is 2.00. The van der Waals surface area contributed by atoms with Crippen LogP contribution >= 0.6 is 0 Å². The van der Waals surface area contributed by atoms with Crippen LogP contribution in [0.15, 0.2) is 18.2 Å². The maximum Gasteiger partial charge on any atom is 0.239 e. The molecule has 1 aromatic rings. The Hall–Kier alpha value is -1.60. The number of nitrogen functional groups attached to an aromatic ring is 1. The maximum absolute atomic E-state index is 12.2. The van der Waals surface area contributed by atoms with Crippen molar-refractivity contribution < 1.29 is 17.9 Å². The topological polar surface area (TPSA) is 98.5 Å². The van der Waals surface area contributed by atoms with Gasteiger partial charge in [-0.15, -0.1) is 0 Å². The number of hydrogen-bond donors (Lipinski definition) is 2. The fourth-order valence-electron chi connectivity index (χ4n) is 2.43. The smallest absolute Gasteiger partial charge is 0.239 e. The summed E-state index contributed by atoms with van der Waals surface area (Å²) in [6.07, 6.45) is 0.0746. The SMILES string of the molecule is Cc1ccc(N)cc1NC(=O)CS(=O)(=O)C1CCOC1C. The number of aryl methyl sites for hydroxylation is 1. The summed E-state index contributed by atoms with van der Waals surface area (Å²) in [5.41, 5.74) is 7.53. The molecule has 0 spiro atoms. The first-order chi connectivity index (χ1) is 9.79. The van der Waals surface area contributed by atoms with Gasteiger partial charge in [-0.3, -0.25) is 4.79 Å². The molecular weight excluding hydrogens is 292 g/mol. The van der Waals surface area contributed by atoms with Crippen LogP contribution in [0.25, 0.3) is 0 Å². The number of ether oxygens (including phenoxy) is 1. The molecule has 7 heteroatoms. The van der Waals surface area contributed by atoms with Gasteiger partial charge in [0, 0.05) is 18.0 Å². The summed E-state index contributed by atoms with van der Waals surface area (Å²) in [6.45, 7) is 3.95. The number of nitrogens with one attached hydrogen (secondary N) is 1. The molecule has 2 rings (SSSR count). The van der Waals surface area contributed by atoms with Gasteiger partial charge in [0.2, 0.25) is 5.91 Å². The Balaban J connectivity index is 2.06. The number of sulfone groups is 1. The standard InChI is InChI=1S/C14H20N2O4S/c1-9-3-4-11(15)7-12(9)16-14(17)8-21(18,19)13-5-6-20-10(13)2/h3-4,7,10,13H,5-6,8,15H2,1-2H3,(H,16,17). The maximum atomic E-state index is 12.2. The second-order valence-electron chi connectivity index (χ2n) is 5.33. The van der Waals surface area contributed by atoms with Gasteiger partial charge in [0.05, 0.1) is 11.4 Å². The van der Waals surface area contributed by atoms with Gasteiger partial charge in [-0.2, -0.15) is 0 Å². The van der Waals surface area contributed by atoms with E-state index in [9.17, 15) is 13.2 Å². The lowest BCUT2D eigenvalue weighted by molar-refractivity contribution is -0.113. The van der Waals surface area contributed by atoms with E-state index in [1.807, 2.05) is 6.92 Å². The van der Waals surface area contributed by atoms with Gasteiger partial charge in [0.15, 0.2) is 9.84 Å². The zero-order chi connectivity index (χ0) is 15.6. The number of hydrogen-bond acceptors (Lipinski definition) is 5. The number of carbonyl (C=O) groups is 1. The van der Waals surface area contributed by atoms with Crippen LogP contribution in [0.3, 0.4) is 0 Å². The van der Waals surface area contributed by atoms with E-state index in [1.54, 1.807) is 25.1 Å². The highest BCUT2D eigenvalue weighted by molar-refractivity contribution is 7.92. The molecule has 1 amide bonds. The second-order valence-corrected chi connectivity index (χ2v) is 7.55. The Bertz CT molecular complexity index is 642. The number of benzene rings is 1. The third-order valence-electron chi connectivity index (χ3n) is 3.64. The molecular formula is C14H20N2O4S. The van der Waals surface area contributed by atoms with Gasteiger partial charge in [0.25, 0.3) is 0 Å². The lowest BCUT2D eigenvalue weighted by atomic mass is 10.2. The van der Waals surface area contributed by atoms with Gasteiger partial charge < -0.3 is 15.8 Å². The van der Waals surface area contributed by atoms with Gasteiger partial charge in [0.1, 0.15) is 5.75 Å². The highest BCUT2D eigenvalue weighted by Gasteiger charge is 2.36. The number of anilines is 2. The normalized spacial score (nSPS) is 22.2. The van der Waals surface area contributed by atoms with Crippen molar-refractivity contribution in [1.82, 2.24) is 0 Å². The van der Waals surface area contributed by atoms with E-state index in [4.69, 9.17) is 10.5 Å². The number of nitrogens with two attached hydrogens (primary N) is 1. The molecule has 1 aliphatic heterocycles. The number of amides is 1. The van der Waals surface area contributed by atoms with E-state index < -0.39 is 26.7 Å². The van der Waals surface area contributed by atoms with Crippen LogP contribution in [0.1, 0.15) is 18.9 Å². The van der Waals surface area contributed by atoms with Crippen LogP contribution in [-0.4, -0.2) is 38.0 Å². The predicted molar refractivity (Wildman–Crippen MR) is 81.8 cm³/mol. The average molecular weight is 312 g/mol. The van der Waals surface area contributed by atoms with E-state index in [-0.39, 0.29) is 6.10 Å². The summed E-state index contributed by atoms with van der Waals surface area (Å²) in [6, 6.07) is 5.10. The first kappa shape index (κ1) is 15.8. The predicted octanol–water partition coefficient (Wildman–Crippen LogP) is 1.11. The van der Waals surface area contributed by atoms with Crippen LogP contribution in [0, 0.1) is 6.92 Å². The van der Waals surface area contributed by atoms with E-state index in [0.717, 1.165) is 5.56 Å². The van der Waals surface area contributed by atoms with Crippen LogP contribution in [0.5, 0.6) is 0 Å². The molecule has 6 nitrogen and oxygen atoms in total. The average Bonchev–Trinajstić information content (AvgIpc) is 2.80. The fraction of sp³-hybridized carbons (Fsp3) is 0.500. The molecule has 1 aromatic carbocycles. The largest absolute Gasteiger partial charge is 0.399 e. The molecule has 0 saturated carbocycles. The third-order valence-corrected chi connectivity index (χ3v) is 5.84. The first-order valence-electron chi connectivity index (χ1n) is 6.79. The van der Waals surface area contributed by atoms with Crippen molar-refractivity contribution in [3.8, 4) is 0 Å². The molecule has 1 fully saturated rings. The molecule has 1 saturated heterocycles. The van der Waals surface area contributed by atoms with Crippen molar-refractivity contribution >= 4 is 27.1 Å². The Morgan fingerprint density at radius 3 is 2.81 bits per heavy atom. The summed E-state index contributed by atoms with van der Waals surface area (Å²) in [7, 11) is -3.52. The molecule has 0 radical (unpaired) electrons. The fourth-order valence-corrected chi connectivity index (χ4v) is 4.20. The molecule has 2 atom stereocenters. The van der Waals surface area contributed by atoms with Gasteiger partial charge >= 0.3 is 0 Å². The van der Waals surface area contributed by atoms with Crippen LogP contribution in [0.4, 0.5) is 11.4 Å². The summed E-state index contributed by atoms with van der Waals surface area (Å²) < 4.78 is 29.7. The van der Waals surface area contributed by atoms with E-state index >= 15 is 0 Å². The molecule has 1 aliphatic rings. The molecule has 116 valence electrons. The molecule has 0 bridgehead atoms. The quantitative estimate of drug-likeness (QED) is 0.811. The third kappa shape index (κ3) is 3.74. The van der Waals surface area contributed by atoms with Crippen molar-refractivity contribution in [2.45, 2.75) is 31.6 Å². The Kier molecular flexibility index (Phi) is 4.53. The lowest BCUT2D eigenvalue weighted by Gasteiger charge is -2.15. The van der Waals surface area contributed by atoms with Crippen molar-refractivity contribution in [2.75, 3.05) is 23.4 Å². The van der Waals surface area contributed by atoms with Gasteiger partial charge in [-0.05, 0) is 38.0 Å². The van der Waals surface area contributed by atoms with Crippen molar-refractivity contribution in [2.24, 2.45) is 0 Å².